The number of hydrogen-bond acceptors (Lipinski definition) is 3. The van der Waals surface area contributed by atoms with Crippen molar-refractivity contribution in [3.05, 3.63) is 35.9 Å². The molecule has 5 heteroatoms. The maximum atomic E-state index is 11.0. The highest BCUT2D eigenvalue weighted by Crippen LogP contribution is 1.97. The van der Waals surface area contributed by atoms with E-state index in [9.17, 15) is 13.6 Å². The van der Waals surface area contributed by atoms with Crippen molar-refractivity contribution in [1.82, 2.24) is 4.72 Å². The number of amides is 1. The fourth-order valence-corrected chi connectivity index (χ4v) is 0.993. The number of rotatable bonds is 2. The normalized spacial score (nSPS) is 12.1. The van der Waals surface area contributed by atoms with Gasteiger partial charge in [0.1, 0.15) is 0 Å². The Morgan fingerprint density at radius 3 is 2.42 bits per heavy atom. The number of benzene rings is 1. The van der Waals surface area contributed by atoms with Crippen molar-refractivity contribution in [2.24, 2.45) is 0 Å². The van der Waals surface area contributed by atoms with E-state index in [4.69, 9.17) is 0 Å². The fraction of sp³-hybridized carbons (Fsp3) is 0. The molecule has 1 aromatic carbocycles. The van der Waals surface area contributed by atoms with E-state index in [0.717, 1.165) is 0 Å². The Hall–Kier alpha value is -1.20. The minimum atomic E-state index is -2.55. The molecule has 1 amide bonds. The van der Waals surface area contributed by atoms with Gasteiger partial charge in [0.2, 0.25) is 0 Å². The number of hydrogen-bond donors (Lipinski definition) is 1. The van der Waals surface area contributed by atoms with E-state index in [-0.39, 0.29) is 0 Å². The van der Waals surface area contributed by atoms with Gasteiger partial charge in [0.25, 0.3) is 5.91 Å². The van der Waals surface area contributed by atoms with E-state index in [1.165, 1.54) is 12.1 Å². The van der Waals surface area contributed by atoms with Crippen LogP contribution in [0.3, 0.4) is 0 Å². The molecule has 0 saturated heterocycles. The Kier molecular flexibility index (Phi) is 2.95. The lowest BCUT2D eigenvalue weighted by Crippen LogP contribution is -2.24. The smallest absolute Gasteiger partial charge is 0.262 e. The Balaban J connectivity index is 2.73. The molecule has 0 bridgehead atoms. The summed E-state index contributed by atoms with van der Waals surface area (Å²) >= 11 is -2.55. The quantitative estimate of drug-likeness (QED) is 0.668. The van der Waals surface area contributed by atoms with Crippen LogP contribution >= 0.6 is 0 Å². The van der Waals surface area contributed by atoms with Gasteiger partial charge in [-0.1, -0.05) is 18.2 Å². The zero-order valence-corrected chi connectivity index (χ0v) is 6.84. The van der Waals surface area contributed by atoms with Crippen LogP contribution in [0, 0.1) is 0 Å². The number of nitrogens with one attached hydrogen (secondary N) is 1. The van der Waals surface area contributed by atoms with Crippen LogP contribution in [0.25, 0.3) is 0 Å². The summed E-state index contributed by atoms with van der Waals surface area (Å²) in [6, 6.07) is 8.11. The molecule has 1 unspecified atom stereocenters. The van der Waals surface area contributed by atoms with Crippen LogP contribution in [0.2, 0.25) is 0 Å². The number of carbonyl (C=O) groups is 1. The topological polar surface area (TPSA) is 69.2 Å². The zero-order chi connectivity index (χ0) is 8.97. The third-order valence-electron chi connectivity index (χ3n) is 1.21. The minimum Gasteiger partial charge on any atom is -0.755 e. The lowest BCUT2D eigenvalue weighted by molar-refractivity contribution is 0.0980. The lowest BCUT2D eigenvalue weighted by Gasteiger charge is -2.05. The van der Waals surface area contributed by atoms with Crippen LogP contribution in [0.5, 0.6) is 0 Å². The lowest BCUT2D eigenvalue weighted by atomic mass is 10.2. The fourth-order valence-electron chi connectivity index (χ4n) is 0.724. The van der Waals surface area contributed by atoms with Gasteiger partial charge in [-0.05, 0) is 12.1 Å². The average molecular weight is 184 g/mol. The van der Waals surface area contributed by atoms with Crippen LogP contribution in [-0.2, 0) is 11.3 Å². The highest BCUT2D eigenvalue weighted by atomic mass is 32.2. The van der Waals surface area contributed by atoms with Gasteiger partial charge in [0.05, 0.1) is 0 Å². The summed E-state index contributed by atoms with van der Waals surface area (Å²) in [4.78, 5) is 11.0. The molecular formula is C7H6NO3S-. The van der Waals surface area contributed by atoms with Crippen molar-refractivity contribution in [2.45, 2.75) is 0 Å². The van der Waals surface area contributed by atoms with Crippen LogP contribution in [-0.4, -0.2) is 14.7 Å². The van der Waals surface area contributed by atoms with Crippen LogP contribution in [0.1, 0.15) is 10.4 Å². The van der Waals surface area contributed by atoms with Crippen molar-refractivity contribution in [2.75, 3.05) is 0 Å². The molecule has 1 atom stereocenters. The van der Waals surface area contributed by atoms with E-state index >= 15 is 0 Å². The summed E-state index contributed by atoms with van der Waals surface area (Å²) in [5, 5.41) is 0. The molecule has 1 aromatic rings. The summed E-state index contributed by atoms with van der Waals surface area (Å²) in [5.41, 5.74) is 0.321. The largest absolute Gasteiger partial charge is 0.755 e. The Morgan fingerprint density at radius 2 is 1.92 bits per heavy atom. The molecule has 4 nitrogen and oxygen atoms in total. The zero-order valence-electron chi connectivity index (χ0n) is 6.02. The van der Waals surface area contributed by atoms with Gasteiger partial charge in [0.15, 0.2) is 0 Å². The van der Waals surface area contributed by atoms with Crippen molar-refractivity contribution >= 4 is 17.2 Å². The van der Waals surface area contributed by atoms with Crippen molar-refractivity contribution < 1.29 is 13.6 Å². The molecule has 0 aliphatic rings. The highest BCUT2D eigenvalue weighted by molar-refractivity contribution is 7.77. The summed E-state index contributed by atoms with van der Waals surface area (Å²) < 4.78 is 21.8. The van der Waals surface area contributed by atoms with Crippen molar-refractivity contribution in [3.63, 3.8) is 0 Å². The predicted molar refractivity (Wildman–Crippen MR) is 42.8 cm³/mol. The SMILES string of the molecule is O=C(NS(=O)[O-])c1ccccc1. The molecule has 0 aliphatic heterocycles. The standard InChI is InChI=1S/C7H7NO3S/c9-7(8-12(10)11)6-4-2-1-3-5-6/h1-5H,(H,8,9)(H,10,11)/p-1. The first-order valence-electron chi connectivity index (χ1n) is 3.15. The van der Waals surface area contributed by atoms with Gasteiger partial charge in [-0.15, -0.1) is 0 Å². The summed E-state index contributed by atoms with van der Waals surface area (Å²) in [6.07, 6.45) is 0. The Bertz CT molecular complexity index is 299. The average Bonchev–Trinajstić information content (AvgIpc) is 2.05. The molecule has 0 spiro atoms. The van der Waals surface area contributed by atoms with Gasteiger partial charge < -0.3 is 4.55 Å². The van der Waals surface area contributed by atoms with E-state index in [1.807, 2.05) is 0 Å². The molecule has 0 saturated carbocycles. The molecule has 0 heterocycles. The van der Waals surface area contributed by atoms with Gasteiger partial charge in [-0.25, -0.2) is 0 Å². The molecule has 0 fully saturated rings. The second-order valence-corrected chi connectivity index (χ2v) is 2.71. The second kappa shape index (κ2) is 3.99. The van der Waals surface area contributed by atoms with E-state index in [2.05, 4.69) is 0 Å². The van der Waals surface area contributed by atoms with Crippen LogP contribution in [0.15, 0.2) is 30.3 Å². The van der Waals surface area contributed by atoms with Crippen LogP contribution in [0.4, 0.5) is 0 Å². The molecular weight excluding hydrogens is 178 g/mol. The van der Waals surface area contributed by atoms with Crippen LogP contribution < -0.4 is 4.72 Å². The van der Waals surface area contributed by atoms with E-state index in [0.29, 0.717) is 5.56 Å². The van der Waals surface area contributed by atoms with Gasteiger partial charge in [-0.2, -0.15) is 0 Å². The van der Waals surface area contributed by atoms with Gasteiger partial charge in [-0.3, -0.25) is 13.7 Å². The Labute approximate surface area is 72.0 Å². The summed E-state index contributed by atoms with van der Waals surface area (Å²) in [6.45, 7) is 0. The molecule has 0 radical (unpaired) electrons. The molecule has 0 aliphatic carbocycles. The van der Waals surface area contributed by atoms with Gasteiger partial charge >= 0.3 is 0 Å². The Morgan fingerprint density at radius 1 is 1.33 bits per heavy atom. The first-order valence-corrected chi connectivity index (χ1v) is 4.23. The van der Waals surface area contributed by atoms with E-state index < -0.39 is 17.2 Å². The third-order valence-corrected chi connectivity index (χ3v) is 1.56. The first-order chi connectivity index (χ1) is 5.70. The first kappa shape index (κ1) is 8.89. The second-order valence-electron chi connectivity index (χ2n) is 2.03. The molecule has 1 N–H and O–H groups in total. The van der Waals surface area contributed by atoms with E-state index in [1.54, 1.807) is 22.9 Å². The van der Waals surface area contributed by atoms with Crippen molar-refractivity contribution in [1.29, 1.82) is 0 Å². The molecule has 0 aromatic heterocycles. The van der Waals surface area contributed by atoms with Gasteiger partial charge in [0, 0.05) is 16.8 Å². The molecule has 12 heavy (non-hydrogen) atoms. The summed E-state index contributed by atoms with van der Waals surface area (Å²) in [7, 11) is 0. The summed E-state index contributed by atoms with van der Waals surface area (Å²) in [5.74, 6) is -0.621. The maximum Gasteiger partial charge on any atom is 0.262 e. The monoisotopic (exact) mass is 184 g/mol. The van der Waals surface area contributed by atoms with Crippen molar-refractivity contribution in [3.8, 4) is 0 Å². The third kappa shape index (κ3) is 2.44. The highest BCUT2D eigenvalue weighted by Gasteiger charge is 2.01. The number of carbonyl (C=O) groups excluding carboxylic acids is 1. The molecule has 1 rings (SSSR count). The maximum absolute atomic E-state index is 11.0. The molecule has 64 valence electrons. The minimum absolute atomic E-state index is 0.321. The predicted octanol–water partition coefficient (Wildman–Crippen LogP) is 0.211.